The lowest BCUT2D eigenvalue weighted by molar-refractivity contribution is -0.121. The molecule has 0 saturated carbocycles. The Morgan fingerprint density at radius 3 is 1.68 bits per heavy atom. The van der Waals surface area contributed by atoms with Gasteiger partial charge in [0.05, 0.1) is 19.8 Å². The molecular weight excluding hydrogens is 548 g/mol. The Bertz CT molecular complexity index is 967. The summed E-state index contributed by atoms with van der Waals surface area (Å²) < 4.78 is 10.3. The van der Waals surface area contributed by atoms with Crippen LogP contribution in [0.2, 0.25) is 0 Å². The van der Waals surface area contributed by atoms with E-state index in [1.807, 2.05) is 6.92 Å². The third kappa shape index (κ3) is 15.4. The van der Waals surface area contributed by atoms with Crippen molar-refractivity contribution in [2.75, 3.05) is 14.2 Å². The fraction of sp³-hybridized carbons (Fsp3) is 0.795. The van der Waals surface area contributed by atoms with Crippen LogP contribution in [0.1, 0.15) is 158 Å². The number of ketones is 2. The number of allylic oxidation sites excluding steroid dienone is 4. The van der Waals surface area contributed by atoms with Crippen molar-refractivity contribution in [1.82, 2.24) is 0 Å². The SMILES string of the molecule is COC1=C(OC)C(=O)C(CCC(C)(O)CCC=C(C)CCCC(C)CCCC(C)CCCC(C)CCCC(C)C)=C(C)C1=O. The van der Waals surface area contributed by atoms with Crippen molar-refractivity contribution in [1.29, 1.82) is 0 Å². The lowest BCUT2D eigenvalue weighted by atomic mass is 9.85. The molecule has 4 atom stereocenters. The molecule has 1 aliphatic rings. The highest BCUT2D eigenvalue weighted by molar-refractivity contribution is 6.23. The van der Waals surface area contributed by atoms with Gasteiger partial charge in [0.1, 0.15) is 0 Å². The molecule has 1 rings (SSSR count). The van der Waals surface area contributed by atoms with Gasteiger partial charge in [-0.15, -0.1) is 0 Å². The first-order valence-corrected chi connectivity index (χ1v) is 17.7. The zero-order chi connectivity index (χ0) is 33.3. The molecule has 254 valence electrons. The minimum absolute atomic E-state index is 0.0475. The van der Waals surface area contributed by atoms with E-state index in [0.717, 1.165) is 36.5 Å². The van der Waals surface area contributed by atoms with E-state index in [0.29, 0.717) is 30.4 Å². The first kappa shape index (κ1) is 40.1. The predicted octanol–water partition coefficient (Wildman–Crippen LogP) is 10.5. The number of aliphatic hydroxyl groups is 1. The van der Waals surface area contributed by atoms with Gasteiger partial charge in [0.2, 0.25) is 23.1 Å². The van der Waals surface area contributed by atoms with Crippen molar-refractivity contribution in [3.63, 3.8) is 0 Å². The summed E-state index contributed by atoms with van der Waals surface area (Å²) in [6.07, 6.45) is 20.4. The van der Waals surface area contributed by atoms with Crippen LogP contribution in [0, 0.1) is 23.7 Å². The van der Waals surface area contributed by atoms with Gasteiger partial charge in [-0.1, -0.05) is 110 Å². The van der Waals surface area contributed by atoms with Crippen LogP contribution < -0.4 is 0 Å². The first-order valence-electron chi connectivity index (χ1n) is 17.7. The average molecular weight is 617 g/mol. The van der Waals surface area contributed by atoms with Crippen molar-refractivity contribution in [2.24, 2.45) is 23.7 Å². The van der Waals surface area contributed by atoms with Crippen LogP contribution >= 0.6 is 0 Å². The monoisotopic (exact) mass is 617 g/mol. The lowest BCUT2D eigenvalue weighted by Crippen LogP contribution is -2.28. The second-order valence-electron chi connectivity index (χ2n) is 14.8. The summed E-state index contributed by atoms with van der Waals surface area (Å²) in [5, 5.41) is 11.0. The second kappa shape index (κ2) is 21.0. The number of rotatable bonds is 24. The Labute approximate surface area is 271 Å². The third-order valence-electron chi connectivity index (χ3n) is 9.72. The summed E-state index contributed by atoms with van der Waals surface area (Å²) in [5.74, 6) is 2.59. The van der Waals surface area contributed by atoms with Crippen LogP contribution in [-0.4, -0.2) is 36.5 Å². The second-order valence-corrected chi connectivity index (χ2v) is 14.8. The summed E-state index contributed by atoms with van der Waals surface area (Å²) in [6.45, 7) is 17.6. The molecule has 0 aromatic heterocycles. The average Bonchev–Trinajstić information content (AvgIpc) is 2.94. The molecule has 0 aliphatic heterocycles. The molecular formula is C39H68O5. The van der Waals surface area contributed by atoms with Crippen LogP contribution in [0.5, 0.6) is 0 Å². The van der Waals surface area contributed by atoms with Gasteiger partial charge in [-0.2, -0.15) is 0 Å². The molecule has 5 nitrogen and oxygen atoms in total. The van der Waals surface area contributed by atoms with E-state index in [4.69, 9.17) is 9.47 Å². The number of carbonyl (C=O) groups excluding carboxylic acids is 2. The van der Waals surface area contributed by atoms with Crippen LogP contribution in [0.4, 0.5) is 0 Å². The topological polar surface area (TPSA) is 72.8 Å². The Morgan fingerprint density at radius 1 is 0.750 bits per heavy atom. The molecule has 0 fully saturated rings. The molecule has 0 aromatic rings. The highest BCUT2D eigenvalue weighted by Gasteiger charge is 2.35. The Morgan fingerprint density at radius 2 is 1.20 bits per heavy atom. The van der Waals surface area contributed by atoms with Crippen molar-refractivity contribution in [3.05, 3.63) is 34.3 Å². The van der Waals surface area contributed by atoms with Crippen LogP contribution in [0.25, 0.3) is 0 Å². The van der Waals surface area contributed by atoms with Gasteiger partial charge in [0.25, 0.3) is 0 Å². The molecule has 0 bridgehead atoms. The largest absolute Gasteiger partial charge is 0.489 e. The van der Waals surface area contributed by atoms with Crippen LogP contribution in [-0.2, 0) is 19.1 Å². The number of carbonyl (C=O) groups is 2. The minimum Gasteiger partial charge on any atom is -0.489 e. The van der Waals surface area contributed by atoms with Crippen molar-refractivity contribution in [3.8, 4) is 0 Å². The number of ether oxygens (including phenoxy) is 2. The van der Waals surface area contributed by atoms with E-state index < -0.39 is 5.60 Å². The van der Waals surface area contributed by atoms with E-state index >= 15 is 0 Å². The van der Waals surface area contributed by atoms with Gasteiger partial charge in [0, 0.05) is 11.1 Å². The van der Waals surface area contributed by atoms with Crippen molar-refractivity contribution >= 4 is 11.6 Å². The molecule has 5 heteroatoms. The van der Waals surface area contributed by atoms with Crippen molar-refractivity contribution in [2.45, 2.75) is 164 Å². The molecule has 1 aliphatic carbocycles. The fourth-order valence-electron chi connectivity index (χ4n) is 6.41. The number of Topliss-reactive ketones (excluding diaryl/α,β-unsaturated/α-hetero) is 2. The van der Waals surface area contributed by atoms with Gasteiger partial charge in [-0.3, -0.25) is 9.59 Å². The maximum atomic E-state index is 12.9. The van der Waals surface area contributed by atoms with E-state index in [9.17, 15) is 14.7 Å². The maximum absolute atomic E-state index is 12.9. The molecule has 0 saturated heterocycles. The van der Waals surface area contributed by atoms with E-state index in [-0.39, 0.29) is 23.1 Å². The van der Waals surface area contributed by atoms with Gasteiger partial charge in [0.15, 0.2) is 0 Å². The predicted molar refractivity (Wildman–Crippen MR) is 184 cm³/mol. The van der Waals surface area contributed by atoms with E-state index in [1.165, 1.54) is 90.4 Å². The molecule has 0 amide bonds. The highest BCUT2D eigenvalue weighted by atomic mass is 16.5. The van der Waals surface area contributed by atoms with Crippen LogP contribution in [0.3, 0.4) is 0 Å². The number of methoxy groups -OCH3 is 2. The highest BCUT2D eigenvalue weighted by Crippen LogP contribution is 2.31. The standard InChI is InChI=1S/C39H68O5/c1-28(2)16-11-17-29(3)18-12-19-30(4)20-13-21-31(5)22-14-23-32(6)24-15-26-39(8,42)27-25-34-33(7)35(40)37(43-9)38(44-10)36(34)41/h24,28-31,42H,11-23,25-27H2,1-10H3. The van der Waals surface area contributed by atoms with Crippen LogP contribution in [0.15, 0.2) is 34.3 Å². The Kier molecular flexibility index (Phi) is 19.2. The summed E-state index contributed by atoms with van der Waals surface area (Å²) in [6, 6.07) is 0. The van der Waals surface area contributed by atoms with Crippen molar-refractivity contribution < 1.29 is 24.2 Å². The summed E-state index contributed by atoms with van der Waals surface area (Å²) in [7, 11) is 2.73. The molecule has 1 N–H and O–H groups in total. The smallest absolute Gasteiger partial charge is 0.228 e. The fourth-order valence-corrected chi connectivity index (χ4v) is 6.41. The van der Waals surface area contributed by atoms with E-state index in [1.54, 1.807) is 6.92 Å². The van der Waals surface area contributed by atoms with E-state index in [2.05, 4.69) is 47.6 Å². The minimum atomic E-state index is -0.927. The summed E-state index contributed by atoms with van der Waals surface area (Å²) in [5.41, 5.74) is 1.23. The summed E-state index contributed by atoms with van der Waals surface area (Å²) >= 11 is 0. The number of hydrogen-bond acceptors (Lipinski definition) is 5. The third-order valence-corrected chi connectivity index (χ3v) is 9.72. The molecule has 0 radical (unpaired) electrons. The normalized spacial score (nSPS) is 18.1. The lowest BCUT2D eigenvalue weighted by Gasteiger charge is -2.25. The zero-order valence-electron chi connectivity index (χ0n) is 30.3. The molecule has 0 aromatic carbocycles. The molecule has 0 spiro atoms. The Hall–Kier alpha value is -1.88. The zero-order valence-corrected chi connectivity index (χ0v) is 30.3. The number of hydrogen-bond donors (Lipinski definition) is 1. The van der Waals surface area contributed by atoms with Gasteiger partial charge in [-0.25, -0.2) is 0 Å². The van der Waals surface area contributed by atoms with Gasteiger partial charge < -0.3 is 14.6 Å². The Balaban J connectivity index is 2.27. The molecule has 4 unspecified atom stereocenters. The first-order chi connectivity index (χ1) is 20.7. The quantitative estimate of drug-likeness (QED) is 0.0863. The summed E-state index contributed by atoms with van der Waals surface area (Å²) in [4.78, 5) is 25.5. The molecule has 0 heterocycles. The van der Waals surface area contributed by atoms with Gasteiger partial charge >= 0.3 is 0 Å². The maximum Gasteiger partial charge on any atom is 0.228 e. The van der Waals surface area contributed by atoms with Gasteiger partial charge in [-0.05, 0) is 83.0 Å². The molecule has 44 heavy (non-hydrogen) atoms.